The predicted molar refractivity (Wildman–Crippen MR) is 153 cm³/mol. The second kappa shape index (κ2) is 13.7. The van der Waals surface area contributed by atoms with Crippen molar-refractivity contribution in [3.05, 3.63) is 94.0 Å². The highest BCUT2D eigenvalue weighted by Crippen LogP contribution is 2.25. The van der Waals surface area contributed by atoms with Crippen molar-refractivity contribution in [1.29, 1.82) is 0 Å². The topological polar surface area (TPSA) is 44.8 Å². The molecule has 3 aromatic rings. The molecular formula is C30H35Cl2N3O2. The molecule has 0 spiro atoms. The Morgan fingerprint density at radius 1 is 1.00 bits per heavy atom. The van der Waals surface area contributed by atoms with E-state index in [1.54, 1.807) is 18.2 Å². The maximum absolute atomic E-state index is 13.3. The molecule has 0 aromatic heterocycles. The van der Waals surface area contributed by atoms with Crippen molar-refractivity contribution in [3.8, 4) is 5.75 Å². The Hall–Kier alpha value is -2.73. The first-order valence-corrected chi connectivity index (χ1v) is 13.7. The third-order valence-electron chi connectivity index (χ3n) is 6.82. The largest absolute Gasteiger partial charge is 0.489 e. The Bertz CT molecular complexity index is 1140. The van der Waals surface area contributed by atoms with Crippen LogP contribution in [0.1, 0.15) is 43.7 Å². The van der Waals surface area contributed by atoms with Gasteiger partial charge in [0, 0.05) is 31.4 Å². The van der Waals surface area contributed by atoms with Gasteiger partial charge in [0.2, 0.25) is 0 Å². The van der Waals surface area contributed by atoms with Crippen LogP contribution in [0.2, 0.25) is 10.0 Å². The summed E-state index contributed by atoms with van der Waals surface area (Å²) in [5.41, 5.74) is 2.79. The molecule has 1 N–H and O–H groups in total. The SMILES string of the molecule is CC1CCCCN1CCCN(Cc1ccc(OCc2ccccc2)cc1)C(=O)Nc1ccc(Cl)c(Cl)c1. The molecule has 2 amide bonds. The van der Waals surface area contributed by atoms with E-state index in [9.17, 15) is 4.79 Å². The van der Waals surface area contributed by atoms with Crippen LogP contribution in [-0.2, 0) is 13.2 Å². The summed E-state index contributed by atoms with van der Waals surface area (Å²) >= 11 is 12.2. The van der Waals surface area contributed by atoms with Crippen LogP contribution in [0.3, 0.4) is 0 Å². The zero-order chi connectivity index (χ0) is 26.0. The van der Waals surface area contributed by atoms with Gasteiger partial charge in [0.25, 0.3) is 0 Å². The van der Waals surface area contributed by atoms with E-state index in [1.165, 1.54) is 19.3 Å². The molecule has 0 aliphatic carbocycles. The Labute approximate surface area is 230 Å². The van der Waals surface area contributed by atoms with Gasteiger partial charge in [0.15, 0.2) is 0 Å². The Morgan fingerprint density at radius 3 is 2.51 bits per heavy atom. The van der Waals surface area contributed by atoms with Crippen molar-refractivity contribution in [3.63, 3.8) is 0 Å². The second-order valence-electron chi connectivity index (χ2n) is 9.63. The number of benzene rings is 3. The third-order valence-corrected chi connectivity index (χ3v) is 7.56. The average Bonchev–Trinajstić information content (AvgIpc) is 2.91. The molecule has 1 unspecified atom stereocenters. The van der Waals surface area contributed by atoms with Gasteiger partial charge in [-0.05, 0) is 74.2 Å². The molecule has 0 saturated carbocycles. The number of halogens is 2. The molecular weight excluding hydrogens is 505 g/mol. The van der Waals surface area contributed by atoms with Crippen LogP contribution in [-0.4, -0.2) is 41.5 Å². The minimum Gasteiger partial charge on any atom is -0.489 e. The van der Waals surface area contributed by atoms with Gasteiger partial charge < -0.3 is 19.9 Å². The van der Waals surface area contributed by atoms with Crippen molar-refractivity contribution in [1.82, 2.24) is 9.80 Å². The molecule has 1 fully saturated rings. The number of amides is 2. The van der Waals surface area contributed by atoms with Gasteiger partial charge in [-0.3, -0.25) is 0 Å². The number of nitrogens with zero attached hydrogens (tertiary/aromatic N) is 2. The number of carbonyl (C=O) groups is 1. The zero-order valence-corrected chi connectivity index (χ0v) is 22.8. The van der Waals surface area contributed by atoms with Crippen LogP contribution in [0, 0.1) is 0 Å². The molecule has 5 nitrogen and oxygen atoms in total. The van der Waals surface area contributed by atoms with Crippen LogP contribution in [0.5, 0.6) is 5.75 Å². The van der Waals surface area contributed by atoms with Gasteiger partial charge in [-0.15, -0.1) is 0 Å². The van der Waals surface area contributed by atoms with Crippen molar-refractivity contribution in [2.24, 2.45) is 0 Å². The summed E-state index contributed by atoms with van der Waals surface area (Å²) in [6.07, 6.45) is 4.73. The fourth-order valence-electron chi connectivity index (χ4n) is 4.64. The molecule has 1 heterocycles. The summed E-state index contributed by atoms with van der Waals surface area (Å²) in [5, 5.41) is 3.86. The van der Waals surface area contributed by atoms with Crippen molar-refractivity contribution >= 4 is 34.9 Å². The van der Waals surface area contributed by atoms with Gasteiger partial charge in [-0.25, -0.2) is 4.79 Å². The first kappa shape index (κ1) is 27.3. The first-order valence-electron chi connectivity index (χ1n) is 13.0. The van der Waals surface area contributed by atoms with Crippen LogP contribution >= 0.6 is 23.2 Å². The van der Waals surface area contributed by atoms with E-state index in [4.69, 9.17) is 27.9 Å². The third kappa shape index (κ3) is 8.39. The van der Waals surface area contributed by atoms with Crippen LogP contribution in [0.25, 0.3) is 0 Å². The van der Waals surface area contributed by atoms with E-state index in [2.05, 4.69) is 17.1 Å². The van der Waals surface area contributed by atoms with E-state index in [1.807, 2.05) is 59.5 Å². The maximum Gasteiger partial charge on any atom is 0.322 e. The van der Waals surface area contributed by atoms with Gasteiger partial charge in [-0.2, -0.15) is 0 Å². The molecule has 0 bridgehead atoms. The lowest BCUT2D eigenvalue weighted by Gasteiger charge is -2.34. The standard InChI is InChI=1S/C30H35Cl2N3O2/c1-23-8-5-6-17-34(23)18-7-19-35(30(36)33-26-13-16-28(31)29(32)20-26)21-24-11-14-27(15-12-24)37-22-25-9-3-2-4-10-25/h2-4,9-16,20,23H,5-8,17-19,21-22H2,1H3,(H,33,36). The summed E-state index contributed by atoms with van der Waals surface area (Å²) in [6, 6.07) is 23.6. The number of likely N-dealkylation sites (tertiary alicyclic amines) is 1. The summed E-state index contributed by atoms with van der Waals surface area (Å²) in [4.78, 5) is 17.7. The molecule has 1 atom stereocenters. The minimum atomic E-state index is -0.158. The smallest absolute Gasteiger partial charge is 0.322 e. The molecule has 4 rings (SSSR count). The van der Waals surface area contributed by atoms with Gasteiger partial charge >= 0.3 is 6.03 Å². The molecule has 1 aliphatic rings. The van der Waals surface area contributed by atoms with Crippen molar-refractivity contribution in [2.75, 3.05) is 25.0 Å². The van der Waals surface area contributed by atoms with Crippen LogP contribution in [0.4, 0.5) is 10.5 Å². The van der Waals surface area contributed by atoms with E-state index < -0.39 is 0 Å². The normalized spacial score (nSPS) is 15.8. The van der Waals surface area contributed by atoms with Gasteiger partial charge in [0.05, 0.1) is 10.0 Å². The number of nitrogens with one attached hydrogen (secondary N) is 1. The number of anilines is 1. The second-order valence-corrected chi connectivity index (χ2v) is 10.4. The summed E-state index contributed by atoms with van der Waals surface area (Å²) < 4.78 is 5.92. The number of ether oxygens (including phenoxy) is 1. The number of hydrogen-bond acceptors (Lipinski definition) is 3. The molecule has 1 saturated heterocycles. The van der Waals surface area contributed by atoms with Gasteiger partial charge in [0.1, 0.15) is 12.4 Å². The number of piperidine rings is 1. The first-order chi connectivity index (χ1) is 18.0. The fourth-order valence-corrected chi connectivity index (χ4v) is 4.93. The molecule has 37 heavy (non-hydrogen) atoms. The van der Waals surface area contributed by atoms with Crippen molar-refractivity contribution in [2.45, 2.75) is 51.8 Å². The summed E-state index contributed by atoms with van der Waals surface area (Å²) in [6.45, 7) is 6.11. The molecule has 196 valence electrons. The Balaban J connectivity index is 1.38. The quantitative estimate of drug-likeness (QED) is 0.285. The van der Waals surface area contributed by atoms with E-state index >= 15 is 0 Å². The summed E-state index contributed by atoms with van der Waals surface area (Å²) in [7, 11) is 0. The van der Waals surface area contributed by atoms with E-state index in [0.717, 1.165) is 36.4 Å². The predicted octanol–water partition coefficient (Wildman–Crippen LogP) is 7.87. The monoisotopic (exact) mass is 539 g/mol. The van der Waals surface area contributed by atoms with Crippen molar-refractivity contribution < 1.29 is 9.53 Å². The lowest BCUT2D eigenvalue weighted by Crippen LogP contribution is -2.40. The highest BCUT2D eigenvalue weighted by molar-refractivity contribution is 6.42. The number of rotatable bonds is 10. The summed E-state index contributed by atoms with van der Waals surface area (Å²) in [5.74, 6) is 0.804. The molecule has 0 radical (unpaired) electrons. The Kier molecular flexibility index (Phi) is 10.1. The van der Waals surface area contributed by atoms with E-state index in [0.29, 0.717) is 41.5 Å². The highest BCUT2D eigenvalue weighted by atomic mass is 35.5. The highest BCUT2D eigenvalue weighted by Gasteiger charge is 2.19. The van der Waals surface area contributed by atoms with Gasteiger partial charge in [-0.1, -0.05) is 72.1 Å². The molecule has 1 aliphatic heterocycles. The molecule has 3 aromatic carbocycles. The van der Waals surface area contributed by atoms with E-state index in [-0.39, 0.29) is 6.03 Å². The Morgan fingerprint density at radius 2 is 1.78 bits per heavy atom. The molecule has 7 heteroatoms. The van der Waals surface area contributed by atoms with Crippen LogP contribution < -0.4 is 10.1 Å². The average molecular weight is 541 g/mol. The number of urea groups is 1. The lowest BCUT2D eigenvalue weighted by atomic mass is 10.0. The minimum absolute atomic E-state index is 0.158. The fraction of sp³-hybridized carbons (Fsp3) is 0.367. The number of carbonyl (C=O) groups excluding carboxylic acids is 1. The maximum atomic E-state index is 13.3. The lowest BCUT2D eigenvalue weighted by molar-refractivity contribution is 0.150. The number of hydrogen-bond donors (Lipinski definition) is 1. The van der Waals surface area contributed by atoms with Crippen LogP contribution in [0.15, 0.2) is 72.8 Å². The zero-order valence-electron chi connectivity index (χ0n) is 21.3.